The number of hydrogen-bond donors (Lipinski definition) is 3. The molecule has 0 saturated heterocycles. The molecule has 172 valence electrons. The van der Waals surface area contributed by atoms with Crippen LogP contribution in [-0.4, -0.2) is 33.1 Å². The Labute approximate surface area is 188 Å². The normalized spacial score (nSPS) is 43.5. The first-order valence-electron chi connectivity index (χ1n) is 12.5. The van der Waals surface area contributed by atoms with Gasteiger partial charge < -0.3 is 15.3 Å². The zero-order valence-corrected chi connectivity index (χ0v) is 19.7. The SMILES string of the molecule is C=C1C(=CC=C2CCCC3(C)C2CCC3C(C)C=CC(O)C2CC2)CC(O)CC1(C)O. The Morgan fingerprint density at radius 2 is 1.84 bits per heavy atom. The first-order chi connectivity index (χ1) is 14.6. The summed E-state index contributed by atoms with van der Waals surface area (Å²) in [6.07, 6.45) is 17.4. The van der Waals surface area contributed by atoms with E-state index in [0.29, 0.717) is 41.9 Å². The van der Waals surface area contributed by atoms with Crippen molar-refractivity contribution in [3.63, 3.8) is 0 Å². The van der Waals surface area contributed by atoms with Crippen LogP contribution in [0.5, 0.6) is 0 Å². The molecule has 3 heteroatoms. The summed E-state index contributed by atoms with van der Waals surface area (Å²) in [4.78, 5) is 0. The molecule has 4 rings (SSSR count). The minimum Gasteiger partial charge on any atom is -0.393 e. The highest BCUT2D eigenvalue weighted by Crippen LogP contribution is 2.59. The third-order valence-electron chi connectivity index (χ3n) is 9.01. The molecule has 3 nitrogen and oxygen atoms in total. The van der Waals surface area contributed by atoms with E-state index in [-0.39, 0.29) is 6.10 Å². The number of aliphatic hydroxyl groups excluding tert-OH is 2. The summed E-state index contributed by atoms with van der Waals surface area (Å²) >= 11 is 0. The van der Waals surface area contributed by atoms with Crippen molar-refractivity contribution in [2.45, 2.75) is 96.4 Å². The van der Waals surface area contributed by atoms with Gasteiger partial charge in [0, 0.05) is 6.42 Å². The lowest BCUT2D eigenvalue weighted by atomic mass is 9.61. The van der Waals surface area contributed by atoms with Crippen LogP contribution in [0.1, 0.15) is 78.6 Å². The molecule has 0 aromatic carbocycles. The van der Waals surface area contributed by atoms with Gasteiger partial charge in [-0.3, -0.25) is 0 Å². The summed E-state index contributed by atoms with van der Waals surface area (Å²) in [6.45, 7) is 10.7. The summed E-state index contributed by atoms with van der Waals surface area (Å²) in [5.41, 5.74) is 2.57. The van der Waals surface area contributed by atoms with E-state index < -0.39 is 11.7 Å². The molecule has 7 unspecified atom stereocenters. The van der Waals surface area contributed by atoms with Gasteiger partial charge in [0.1, 0.15) is 0 Å². The number of rotatable bonds is 5. The molecule has 7 atom stereocenters. The van der Waals surface area contributed by atoms with E-state index in [1.165, 1.54) is 44.1 Å². The van der Waals surface area contributed by atoms with Crippen LogP contribution in [0.3, 0.4) is 0 Å². The predicted octanol–water partition coefficient (Wildman–Crippen LogP) is 5.48. The lowest BCUT2D eigenvalue weighted by molar-refractivity contribution is 0.0204. The maximum absolute atomic E-state index is 10.6. The lowest BCUT2D eigenvalue weighted by Crippen LogP contribution is -2.37. The van der Waals surface area contributed by atoms with Crippen molar-refractivity contribution < 1.29 is 15.3 Å². The van der Waals surface area contributed by atoms with Gasteiger partial charge >= 0.3 is 0 Å². The van der Waals surface area contributed by atoms with E-state index in [4.69, 9.17) is 0 Å². The second-order valence-electron chi connectivity index (χ2n) is 11.4. The molecule has 0 aromatic rings. The Morgan fingerprint density at radius 3 is 2.55 bits per heavy atom. The fourth-order valence-electron chi connectivity index (χ4n) is 6.91. The van der Waals surface area contributed by atoms with Crippen molar-refractivity contribution in [3.8, 4) is 0 Å². The summed E-state index contributed by atoms with van der Waals surface area (Å²) < 4.78 is 0. The maximum atomic E-state index is 10.6. The van der Waals surface area contributed by atoms with E-state index in [1.54, 1.807) is 6.92 Å². The summed E-state index contributed by atoms with van der Waals surface area (Å²) in [5, 5.41) is 31.0. The molecule has 0 radical (unpaired) electrons. The molecular weight excluding hydrogens is 384 g/mol. The molecule has 3 N–H and O–H groups in total. The van der Waals surface area contributed by atoms with Gasteiger partial charge in [-0.2, -0.15) is 0 Å². The molecule has 4 aliphatic carbocycles. The van der Waals surface area contributed by atoms with Gasteiger partial charge in [0.15, 0.2) is 0 Å². The number of aliphatic hydroxyl groups is 3. The molecule has 0 aliphatic heterocycles. The zero-order valence-electron chi connectivity index (χ0n) is 19.7. The third-order valence-corrected chi connectivity index (χ3v) is 9.01. The van der Waals surface area contributed by atoms with Gasteiger partial charge in [-0.25, -0.2) is 0 Å². The first kappa shape index (κ1) is 23.0. The Balaban J connectivity index is 1.50. The molecule has 0 aromatic heterocycles. The molecule has 0 bridgehead atoms. The molecule has 4 fully saturated rings. The average molecular weight is 427 g/mol. The minimum absolute atomic E-state index is 0.253. The Kier molecular flexibility index (Phi) is 6.42. The average Bonchev–Trinajstić information content (AvgIpc) is 3.49. The van der Waals surface area contributed by atoms with Crippen molar-refractivity contribution in [1.82, 2.24) is 0 Å². The highest BCUT2D eigenvalue weighted by Gasteiger charge is 2.50. The van der Waals surface area contributed by atoms with Gasteiger partial charge in [-0.15, -0.1) is 0 Å². The van der Waals surface area contributed by atoms with Crippen LogP contribution in [0.4, 0.5) is 0 Å². The molecule has 31 heavy (non-hydrogen) atoms. The molecule has 0 heterocycles. The Bertz CT molecular complexity index is 784. The third kappa shape index (κ3) is 4.65. The monoisotopic (exact) mass is 426 g/mol. The van der Waals surface area contributed by atoms with Crippen molar-refractivity contribution >= 4 is 0 Å². The van der Waals surface area contributed by atoms with Gasteiger partial charge in [0.25, 0.3) is 0 Å². The number of hydrogen-bond acceptors (Lipinski definition) is 3. The van der Waals surface area contributed by atoms with Crippen LogP contribution >= 0.6 is 0 Å². The Hall–Kier alpha value is -1.16. The molecule has 0 spiro atoms. The van der Waals surface area contributed by atoms with Crippen molar-refractivity contribution in [1.29, 1.82) is 0 Å². The second-order valence-corrected chi connectivity index (χ2v) is 11.4. The standard InChI is InChI=1S/C28H42O3/c1-18(7-14-26(30)21-9-10-21)24-12-13-25-20(6-5-15-27(24,25)3)8-11-22-16-23(29)17-28(4,31)19(22)2/h7-8,11,14,18,21,23-26,29-31H,2,5-6,9-10,12-13,15-17H2,1,3-4H3. The molecular formula is C28H42O3. The lowest BCUT2D eigenvalue weighted by Gasteiger charge is -2.44. The smallest absolute Gasteiger partial charge is 0.0890 e. The van der Waals surface area contributed by atoms with Crippen LogP contribution in [0.25, 0.3) is 0 Å². The maximum Gasteiger partial charge on any atom is 0.0890 e. The van der Waals surface area contributed by atoms with Crippen molar-refractivity contribution in [2.75, 3.05) is 0 Å². The van der Waals surface area contributed by atoms with Gasteiger partial charge in [0.05, 0.1) is 17.8 Å². The largest absolute Gasteiger partial charge is 0.393 e. The van der Waals surface area contributed by atoms with E-state index in [2.05, 4.69) is 44.7 Å². The summed E-state index contributed by atoms with van der Waals surface area (Å²) in [5.74, 6) is 2.25. The topological polar surface area (TPSA) is 60.7 Å². The second kappa shape index (κ2) is 8.65. The minimum atomic E-state index is -1.02. The first-order valence-corrected chi connectivity index (χ1v) is 12.5. The highest BCUT2D eigenvalue weighted by molar-refractivity contribution is 5.41. The van der Waals surface area contributed by atoms with Crippen LogP contribution < -0.4 is 0 Å². The number of allylic oxidation sites excluding steroid dienone is 4. The van der Waals surface area contributed by atoms with Crippen molar-refractivity contribution in [2.24, 2.45) is 29.1 Å². The highest BCUT2D eigenvalue weighted by atomic mass is 16.3. The van der Waals surface area contributed by atoms with Crippen LogP contribution in [0.15, 0.2) is 47.6 Å². The zero-order chi connectivity index (χ0) is 22.4. The van der Waals surface area contributed by atoms with E-state index in [1.807, 2.05) is 0 Å². The van der Waals surface area contributed by atoms with Crippen molar-refractivity contribution in [3.05, 3.63) is 47.6 Å². The quantitative estimate of drug-likeness (QED) is 0.510. The van der Waals surface area contributed by atoms with Crippen LogP contribution in [-0.2, 0) is 0 Å². The van der Waals surface area contributed by atoms with Gasteiger partial charge in [-0.05, 0) is 98.5 Å². The number of fused-ring (bicyclic) bond motifs is 1. The van der Waals surface area contributed by atoms with Gasteiger partial charge in [0.2, 0.25) is 0 Å². The van der Waals surface area contributed by atoms with Gasteiger partial charge in [-0.1, -0.05) is 50.3 Å². The van der Waals surface area contributed by atoms with Crippen LogP contribution in [0.2, 0.25) is 0 Å². The summed E-state index contributed by atoms with van der Waals surface area (Å²) in [6, 6.07) is 0. The van der Waals surface area contributed by atoms with E-state index in [9.17, 15) is 15.3 Å². The van der Waals surface area contributed by atoms with E-state index >= 15 is 0 Å². The summed E-state index contributed by atoms with van der Waals surface area (Å²) in [7, 11) is 0. The molecule has 4 saturated carbocycles. The molecule has 4 aliphatic rings. The predicted molar refractivity (Wildman–Crippen MR) is 126 cm³/mol. The molecule has 0 amide bonds. The fourth-order valence-corrected chi connectivity index (χ4v) is 6.91. The van der Waals surface area contributed by atoms with Crippen LogP contribution in [0, 0.1) is 29.1 Å². The van der Waals surface area contributed by atoms with E-state index in [0.717, 1.165) is 17.6 Å². The Morgan fingerprint density at radius 1 is 1.10 bits per heavy atom. The fraction of sp³-hybridized carbons (Fsp3) is 0.714.